The summed E-state index contributed by atoms with van der Waals surface area (Å²) in [5, 5.41) is 9.90. The van der Waals surface area contributed by atoms with Crippen molar-refractivity contribution in [1.82, 2.24) is 4.90 Å². The van der Waals surface area contributed by atoms with Crippen molar-refractivity contribution in [3.8, 4) is 11.1 Å². The highest BCUT2D eigenvalue weighted by Crippen LogP contribution is 2.24. The van der Waals surface area contributed by atoms with Crippen LogP contribution in [0.2, 0.25) is 0 Å². The van der Waals surface area contributed by atoms with Gasteiger partial charge in [-0.3, -0.25) is 4.79 Å². The summed E-state index contributed by atoms with van der Waals surface area (Å²) in [5.74, 6) is 1.57. The maximum atomic E-state index is 12.6. The molecular formula is C23H25NO3. The van der Waals surface area contributed by atoms with Gasteiger partial charge in [-0.05, 0) is 54.3 Å². The van der Waals surface area contributed by atoms with Crippen LogP contribution in [0.25, 0.3) is 11.1 Å². The van der Waals surface area contributed by atoms with Crippen molar-refractivity contribution >= 4 is 5.91 Å². The van der Waals surface area contributed by atoms with Gasteiger partial charge in [0.25, 0.3) is 5.91 Å². The topological polar surface area (TPSA) is 53.7 Å². The van der Waals surface area contributed by atoms with Gasteiger partial charge in [-0.2, -0.15) is 0 Å². The summed E-state index contributed by atoms with van der Waals surface area (Å²) in [6.07, 6.45) is 0.272. The first-order valence-corrected chi connectivity index (χ1v) is 9.17. The summed E-state index contributed by atoms with van der Waals surface area (Å²) in [7, 11) is 1.77. The van der Waals surface area contributed by atoms with Gasteiger partial charge >= 0.3 is 0 Å². The average molecular weight is 363 g/mol. The molecule has 3 aromatic rings. The first-order chi connectivity index (χ1) is 13.0. The molecule has 27 heavy (non-hydrogen) atoms. The van der Waals surface area contributed by atoms with Crippen LogP contribution in [0.5, 0.6) is 0 Å². The number of hydrogen-bond donors (Lipinski definition) is 1. The molecule has 0 spiro atoms. The number of carbonyl (C=O) groups is 1. The fourth-order valence-electron chi connectivity index (χ4n) is 3.03. The second-order valence-electron chi connectivity index (χ2n) is 6.80. The van der Waals surface area contributed by atoms with Crippen molar-refractivity contribution in [2.24, 2.45) is 0 Å². The van der Waals surface area contributed by atoms with Gasteiger partial charge in [0.1, 0.15) is 11.5 Å². The Morgan fingerprint density at radius 1 is 1.00 bits per heavy atom. The number of aryl methyl sites for hydroxylation is 1. The molecular weight excluding hydrogens is 338 g/mol. The SMILES string of the molecule is CC[C@@H](O)c1ccc(-c2ccc(C(=O)N(C)Cc3ccc(C)o3)cc2)cc1. The van der Waals surface area contributed by atoms with Gasteiger partial charge in [0, 0.05) is 12.6 Å². The van der Waals surface area contributed by atoms with E-state index in [0.717, 1.165) is 28.2 Å². The number of aliphatic hydroxyl groups is 1. The molecule has 1 aromatic heterocycles. The van der Waals surface area contributed by atoms with E-state index in [0.29, 0.717) is 18.5 Å². The van der Waals surface area contributed by atoms with Gasteiger partial charge in [0.05, 0.1) is 12.6 Å². The predicted molar refractivity (Wildman–Crippen MR) is 106 cm³/mol. The molecule has 0 saturated carbocycles. The van der Waals surface area contributed by atoms with Crippen molar-refractivity contribution in [2.45, 2.75) is 32.9 Å². The Hall–Kier alpha value is -2.85. The van der Waals surface area contributed by atoms with E-state index in [1.165, 1.54) is 0 Å². The molecule has 1 amide bonds. The lowest BCUT2D eigenvalue weighted by molar-refractivity contribution is 0.0775. The number of carbonyl (C=O) groups excluding carboxylic acids is 1. The number of benzene rings is 2. The Kier molecular flexibility index (Phi) is 5.77. The van der Waals surface area contributed by atoms with Crippen LogP contribution in [0.3, 0.4) is 0 Å². The standard InChI is InChI=1S/C23H25NO3/c1-4-22(25)19-10-6-17(7-11-19)18-8-12-20(13-9-18)23(26)24(3)15-21-14-5-16(2)27-21/h5-14,22,25H,4,15H2,1-3H3/t22-/m1/s1. The van der Waals surface area contributed by atoms with Crippen LogP contribution in [-0.4, -0.2) is 23.0 Å². The summed E-state index contributed by atoms with van der Waals surface area (Å²) in [5.41, 5.74) is 3.65. The summed E-state index contributed by atoms with van der Waals surface area (Å²) in [6.45, 7) is 4.29. The van der Waals surface area contributed by atoms with E-state index in [9.17, 15) is 9.90 Å². The Bertz CT molecular complexity index is 894. The predicted octanol–water partition coefficient (Wildman–Crippen LogP) is 4.97. The molecule has 0 radical (unpaired) electrons. The summed E-state index contributed by atoms with van der Waals surface area (Å²) in [4.78, 5) is 14.3. The Balaban J connectivity index is 1.69. The molecule has 4 nitrogen and oxygen atoms in total. The average Bonchev–Trinajstić information content (AvgIpc) is 3.11. The lowest BCUT2D eigenvalue weighted by Crippen LogP contribution is -2.25. The molecule has 0 fully saturated rings. The maximum Gasteiger partial charge on any atom is 0.254 e. The van der Waals surface area contributed by atoms with Crippen molar-refractivity contribution in [3.05, 3.63) is 83.3 Å². The van der Waals surface area contributed by atoms with Crippen LogP contribution in [-0.2, 0) is 6.54 Å². The molecule has 0 aliphatic rings. The highest BCUT2D eigenvalue weighted by Gasteiger charge is 2.14. The van der Waals surface area contributed by atoms with Gasteiger partial charge in [0.2, 0.25) is 0 Å². The lowest BCUT2D eigenvalue weighted by atomic mass is 10.00. The lowest BCUT2D eigenvalue weighted by Gasteiger charge is -2.16. The van der Waals surface area contributed by atoms with Crippen molar-refractivity contribution in [3.63, 3.8) is 0 Å². The molecule has 1 N–H and O–H groups in total. The number of hydrogen-bond acceptors (Lipinski definition) is 3. The van der Waals surface area contributed by atoms with Crippen molar-refractivity contribution < 1.29 is 14.3 Å². The summed E-state index contributed by atoms with van der Waals surface area (Å²) in [6, 6.07) is 19.3. The molecule has 0 bridgehead atoms. The zero-order chi connectivity index (χ0) is 19.4. The fourth-order valence-corrected chi connectivity index (χ4v) is 3.03. The minimum atomic E-state index is -0.424. The first kappa shape index (κ1) is 18.9. The van der Waals surface area contributed by atoms with Gasteiger partial charge in [-0.25, -0.2) is 0 Å². The molecule has 0 aliphatic heterocycles. The van der Waals surface area contributed by atoms with Crippen LogP contribution in [0.15, 0.2) is 65.1 Å². The van der Waals surface area contributed by atoms with Crippen LogP contribution >= 0.6 is 0 Å². The van der Waals surface area contributed by atoms with E-state index >= 15 is 0 Å². The number of rotatable bonds is 6. The summed E-state index contributed by atoms with van der Waals surface area (Å²) < 4.78 is 5.54. The molecule has 1 atom stereocenters. The molecule has 0 saturated heterocycles. The normalized spacial score (nSPS) is 12.0. The Morgan fingerprint density at radius 2 is 1.59 bits per heavy atom. The van der Waals surface area contributed by atoms with E-state index in [1.54, 1.807) is 11.9 Å². The minimum Gasteiger partial charge on any atom is -0.464 e. The number of furan rings is 1. The molecule has 1 heterocycles. The highest BCUT2D eigenvalue weighted by molar-refractivity contribution is 5.94. The Morgan fingerprint density at radius 3 is 2.11 bits per heavy atom. The van der Waals surface area contributed by atoms with E-state index in [-0.39, 0.29) is 5.91 Å². The third-order valence-electron chi connectivity index (χ3n) is 4.68. The first-order valence-electron chi connectivity index (χ1n) is 9.17. The highest BCUT2D eigenvalue weighted by atomic mass is 16.3. The van der Waals surface area contributed by atoms with Crippen LogP contribution in [0.4, 0.5) is 0 Å². The largest absolute Gasteiger partial charge is 0.464 e. The molecule has 4 heteroatoms. The second kappa shape index (κ2) is 8.23. The minimum absolute atomic E-state index is 0.0444. The van der Waals surface area contributed by atoms with Crippen LogP contribution in [0, 0.1) is 6.92 Å². The molecule has 2 aromatic carbocycles. The van der Waals surface area contributed by atoms with Crippen LogP contribution in [0.1, 0.15) is 46.9 Å². The quantitative estimate of drug-likeness (QED) is 0.673. The van der Waals surface area contributed by atoms with E-state index in [4.69, 9.17) is 4.42 Å². The molecule has 3 rings (SSSR count). The molecule has 0 unspecified atom stereocenters. The third kappa shape index (κ3) is 4.47. The monoisotopic (exact) mass is 363 g/mol. The molecule has 140 valence electrons. The summed E-state index contributed by atoms with van der Waals surface area (Å²) >= 11 is 0. The van der Waals surface area contributed by atoms with Gasteiger partial charge in [-0.15, -0.1) is 0 Å². The van der Waals surface area contributed by atoms with E-state index < -0.39 is 6.10 Å². The zero-order valence-corrected chi connectivity index (χ0v) is 16.0. The third-order valence-corrected chi connectivity index (χ3v) is 4.68. The van der Waals surface area contributed by atoms with E-state index in [2.05, 4.69) is 0 Å². The Labute approximate surface area is 160 Å². The zero-order valence-electron chi connectivity index (χ0n) is 16.0. The number of amides is 1. The van der Waals surface area contributed by atoms with Crippen molar-refractivity contribution in [1.29, 1.82) is 0 Å². The smallest absolute Gasteiger partial charge is 0.254 e. The van der Waals surface area contributed by atoms with Crippen molar-refractivity contribution in [2.75, 3.05) is 7.05 Å². The fraction of sp³-hybridized carbons (Fsp3) is 0.261. The van der Waals surface area contributed by atoms with Crippen LogP contribution < -0.4 is 0 Å². The van der Waals surface area contributed by atoms with Gasteiger partial charge in [-0.1, -0.05) is 43.3 Å². The second-order valence-corrected chi connectivity index (χ2v) is 6.80. The van der Waals surface area contributed by atoms with E-state index in [1.807, 2.05) is 74.5 Å². The van der Waals surface area contributed by atoms with Gasteiger partial charge in [0.15, 0.2) is 0 Å². The maximum absolute atomic E-state index is 12.6. The van der Waals surface area contributed by atoms with Gasteiger partial charge < -0.3 is 14.4 Å². The molecule has 0 aliphatic carbocycles. The number of nitrogens with zero attached hydrogens (tertiary/aromatic N) is 1. The number of aliphatic hydroxyl groups excluding tert-OH is 1.